The fourth-order valence-electron chi connectivity index (χ4n) is 1.70. The summed E-state index contributed by atoms with van der Waals surface area (Å²) in [6, 6.07) is 9.48. The first-order chi connectivity index (χ1) is 10.6. The van der Waals surface area contributed by atoms with Gasteiger partial charge in [0.15, 0.2) is 5.69 Å². The molecular weight excluding hydrogens is 294 g/mol. The van der Waals surface area contributed by atoms with E-state index in [9.17, 15) is 13.6 Å². The van der Waals surface area contributed by atoms with Gasteiger partial charge >= 0.3 is 6.61 Å². The van der Waals surface area contributed by atoms with Gasteiger partial charge in [0, 0.05) is 13.6 Å². The molecule has 0 atom stereocenters. The molecule has 0 saturated carbocycles. The number of rotatable bonds is 6. The Morgan fingerprint density at radius 1 is 1.27 bits per heavy atom. The molecule has 1 aromatic carbocycles. The lowest BCUT2D eigenvalue weighted by Crippen LogP contribution is -2.19. The van der Waals surface area contributed by atoms with E-state index in [1.807, 2.05) is 0 Å². The lowest BCUT2D eigenvalue weighted by atomic mass is 10.2. The SMILES string of the molecule is CNC(=O)c1ccc(NCc2cccc(OC(F)F)c2)nn1. The summed E-state index contributed by atoms with van der Waals surface area (Å²) in [6.45, 7) is -2.50. The highest BCUT2D eigenvalue weighted by Crippen LogP contribution is 2.16. The van der Waals surface area contributed by atoms with Gasteiger partial charge in [-0.2, -0.15) is 8.78 Å². The van der Waals surface area contributed by atoms with Crippen molar-refractivity contribution in [3.63, 3.8) is 0 Å². The van der Waals surface area contributed by atoms with Gasteiger partial charge in [0.1, 0.15) is 11.6 Å². The van der Waals surface area contributed by atoms with Gasteiger partial charge in [-0.05, 0) is 29.8 Å². The van der Waals surface area contributed by atoms with Gasteiger partial charge in [0.25, 0.3) is 5.91 Å². The standard InChI is InChI=1S/C14H14F2N4O2/c1-17-13(21)11-5-6-12(20-19-11)18-8-9-3-2-4-10(7-9)22-14(15)16/h2-7,14H,8H2,1H3,(H,17,21)(H,18,20). The predicted octanol–water partition coefficient (Wildman–Crippen LogP) is 2.05. The zero-order valence-corrected chi connectivity index (χ0v) is 11.7. The number of ether oxygens (including phenoxy) is 1. The third-order valence-electron chi connectivity index (χ3n) is 2.72. The quantitative estimate of drug-likeness (QED) is 0.854. The number of alkyl halides is 2. The number of halogens is 2. The van der Waals surface area contributed by atoms with Crippen LogP contribution in [0, 0.1) is 0 Å². The molecule has 0 fully saturated rings. The van der Waals surface area contributed by atoms with Gasteiger partial charge in [0.05, 0.1) is 0 Å². The third kappa shape index (κ3) is 4.37. The van der Waals surface area contributed by atoms with Gasteiger partial charge < -0.3 is 15.4 Å². The first kappa shape index (κ1) is 15.6. The molecule has 2 rings (SSSR count). The number of hydrogen-bond donors (Lipinski definition) is 2. The van der Waals surface area contributed by atoms with Gasteiger partial charge in [-0.1, -0.05) is 12.1 Å². The molecule has 0 aliphatic heterocycles. The minimum Gasteiger partial charge on any atom is -0.435 e. The molecule has 6 nitrogen and oxygen atoms in total. The van der Waals surface area contributed by atoms with Crippen LogP contribution in [0.15, 0.2) is 36.4 Å². The van der Waals surface area contributed by atoms with Crippen molar-refractivity contribution < 1.29 is 18.3 Å². The van der Waals surface area contributed by atoms with Crippen LogP contribution in [0.25, 0.3) is 0 Å². The molecule has 0 spiro atoms. The number of benzene rings is 1. The van der Waals surface area contributed by atoms with Crippen LogP contribution in [0.2, 0.25) is 0 Å². The number of carbonyl (C=O) groups is 1. The van der Waals surface area contributed by atoms with E-state index in [1.54, 1.807) is 18.2 Å². The molecule has 0 unspecified atom stereocenters. The fourth-order valence-corrected chi connectivity index (χ4v) is 1.70. The smallest absolute Gasteiger partial charge is 0.387 e. The summed E-state index contributed by atoms with van der Waals surface area (Å²) in [5.74, 6) is 0.235. The minimum absolute atomic E-state index is 0.0929. The number of anilines is 1. The van der Waals surface area contributed by atoms with E-state index in [0.29, 0.717) is 12.4 Å². The molecule has 116 valence electrons. The number of hydrogen-bond acceptors (Lipinski definition) is 5. The Kier molecular flexibility index (Phi) is 5.18. The number of aromatic nitrogens is 2. The maximum Gasteiger partial charge on any atom is 0.387 e. The molecule has 0 bridgehead atoms. The lowest BCUT2D eigenvalue weighted by molar-refractivity contribution is -0.0498. The van der Waals surface area contributed by atoms with Crippen molar-refractivity contribution in [3.05, 3.63) is 47.7 Å². The van der Waals surface area contributed by atoms with Crippen LogP contribution in [-0.4, -0.2) is 29.8 Å². The van der Waals surface area contributed by atoms with Crippen LogP contribution in [-0.2, 0) is 6.54 Å². The van der Waals surface area contributed by atoms with Crippen LogP contribution in [0.3, 0.4) is 0 Å². The average molecular weight is 308 g/mol. The Hall–Kier alpha value is -2.77. The van der Waals surface area contributed by atoms with E-state index in [0.717, 1.165) is 5.56 Å². The largest absolute Gasteiger partial charge is 0.435 e. The van der Waals surface area contributed by atoms with Gasteiger partial charge in [-0.3, -0.25) is 4.79 Å². The molecule has 2 N–H and O–H groups in total. The zero-order chi connectivity index (χ0) is 15.9. The van der Waals surface area contributed by atoms with E-state index in [2.05, 4.69) is 25.6 Å². The lowest BCUT2D eigenvalue weighted by Gasteiger charge is -2.08. The topological polar surface area (TPSA) is 76.1 Å². The van der Waals surface area contributed by atoms with E-state index < -0.39 is 6.61 Å². The molecule has 0 aliphatic rings. The third-order valence-corrected chi connectivity index (χ3v) is 2.72. The van der Waals surface area contributed by atoms with Crippen LogP contribution in [0.1, 0.15) is 16.1 Å². The first-order valence-corrected chi connectivity index (χ1v) is 6.42. The molecule has 0 radical (unpaired) electrons. The van der Waals surface area contributed by atoms with Crippen LogP contribution >= 0.6 is 0 Å². The Morgan fingerprint density at radius 2 is 2.09 bits per heavy atom. The first-order valence-electron chi connectivity index (χ1n) is 6.42. The highest BCUT2D eigenvalue weighted by molar-refractivity contribution is 5.91. The molecule has 1 heterocycles. The van der Waals surface area contributed by atoms with E-state index in [1.165, 1.54) is 25.2 Å². The average Bonchev–Trinajstić information content (AvgIpc) is 2.52. The monoisotopic (exact) mass is 308 g/mol. The van der Waals surface area contributed by atoms with Crippen LogP contribution < -0.4 is 15.4 Å². The number of carbonyl (C=O) groups excluding carboxylic acids is 1. The Bertz CT molecular complexity index is 635. The Balaban J connectivity index is 1.96. The summed E-state index contributed by atoms with van der Waals surface area (Å²) in [4.78, 5) is 11.3. The van der Waals surface area contributed by atoms with Crippen molar-refractivity contribution in [2.75, 3.05) is 12.4 Å². The Labute approximate surface area is 125 Å². The second-order valence-electron chi connectivity index (χ2n) is 4.26. The van der Waals surface area contributed by atoms with E-state index in [-0.39, 0.29) is 17.4 Å². The molecular formula is C14H14F2N4O2. The maximum absolute atomic E-state index is 12.1. The van der Waals surface area contributed by atoms with Crippen molar-refractivity contribution in [3.8, 4) is 5.75 Å². The summed E-state index contributed by atoms with van der Waals surface area (Å²) >= 11 is 0. The number of amides is 1. The van der Waals surface area contributed by atoms with Gasteiger partial charge in [0.2, 0.25) is 0 Å². The van der Waals surface area contributed by atoms with Crippen LogP contribution in [0.5, 0.6) is 5.75 Å². The second-order valence-corrected chi connectivity index (χ2v) is 4.26. The molecule has 0 aliphatic carbocycles. The van der Waals surface area contributed by atoms with Crippen molar-refractivity contribution >= 4 is 11.7 Å². The van der Waals surface area contributed by atoms with Crippen molar-refractivity contribution in [1.29, 1.82) is 0 Å². The second kappa shape index (κ2) is 7.30. The fraction of sp³-hybridized carbons (Fsp3) is 0.214. The highest BCUT2D eigenvalue weighted by atomic mass is 19.3. The van der Waals surface area contributed by atoms with Crippen molar-refractivity contribution in [2.24, 2.45) is 0 Å². The Morgan fingerprint density at radius 3 is 2.73 bits per heavy atom. The number of nitrogens with zero attached hydrogens (tertiary/aromatic N) is 2. The van der Waals surface area contributed by atoms with Gasteiger partial charge in [-0.25, -0.2) is 0 Å². The normalized spacial score (nSPS) is 10.4. The van der Waals surface area contributed by atoms with Crippen LogP contribution in [0.4, 0.5) is 14.6 Å². The maximum atomic E-state index is 12.1. The summed E-state index contributed by atoms with van der Waals surface area (Å²) in [6.07, 6.45) is 0. The molecule has 8 heteroatoms. The minimum atomic E-state index is -2.86. The van der Waals surface area contributed by atoms with Crippen molar-refractivity contribution in [1.82, 2.24) is 15.5 Å². The summed E-state index contributed by atoms with van der Waals surface area (Å²) < 4.78 is 28.6. The summed E-state index contributed by atoms with van der Waals surface area (Å²) in [5, 5.41) is 13.1. The zero-order valence-electron chi connectivity index (χ0n) is 11.7. The van der Waals surface area contributed by atoms with Crippen molar-refractivity contribution in [2.45, 2.75) is 13.2 Å². The molecule has 0 saturated heterocycles. The summed E-state index contributed by atoms with van der Waals surface area (Å²) in [5.41, 5.74) is 0.954. The van der Waals surface area contributed by atoms with E-state index in [4.69, 9.17) is 0 Å². The van der Waals surface area contributed by atoms with Gasteiger partial charge in [-0.15, -0.1) is 10.2 Å². The number of nitrogens with one attached hydrogen (secondary N) is 2. The molecule has 1 aromatic heterocycles. The van der Waals surface area contributed by atoms with E-state index >= 15 is 0 Å². The molecule has 2 aromatic rings. The molecule has 1 amide bonds. The predicted molar refractivity (Wildman–Crippen MR) is 75.8 cm³/mol. The molecule has 22 heavy (non-hydrogen) atoms. The highest BCUT2D eigenvalue weighted by Gasteiger charge is 2.06. The summed E-state index contributed by atoms with van der Waals surface area (Å²) in [7, 11) is 1.50.